The van der Waals surface area contributed by atoms with Gasteiger partial charge in [-0.3, -0.25) is 9.59 Å². The molecule has 5 N–H and O–H groups in total. The second-order valence-corrected chi connectivity index (χ2v) is 5.26. The fourth-order valence-corrected chi connectivity index (χ4v) is 2.39. The van der Waals surface area contributed by atoms with Crippen LogP contribution in [0.15, 0.2) is 24.3 Å². The van der Waals surface area contributed by atoms with Gasteiger partial charge in [-0.05, 0) is 43.5 Å². The van der Waals surface area contributed by atoms with Crippen LogP contribution in [0.4, 0.5) is 5.69 Å². The molecule has 0 heterocycles. The number of hydrogen-bond donors (Lipinski definition) is 3. The van der Waals surface area contributed by atoms with Gasteiger partial charge in [0.05, 0.1) is 0 Å². The largest absolute Gasteiger partial charge is 0.366 e. The summed E-state index contributed by atoms with van der Waals surface area (Å²) in [6.07, 6.45) is 4.46. The van der Waals surface area contributed by atoms with Crippen LogP contribution < -0.4 is 16.8 Å². The zero-order chi connectivity index (χ0) is 15.7. The summed E-state index contributed by atoms with van der Waals surface area (Å²) in [5.74, 6) is -0.0468. The first-order chi connectivity index (χ1) is 10.1. The molecule has 0 fully saturated rings. The quantitative estimate of drug-likeness (QED) is 0.651. The highest BCUT2D eigenvalue weighted by molar-refractivity contribution is 5.96. The molecule has 0 aliphatic heterocycles. The van der Waals surface area contributed by atoms with Gasteiger partial charge in [0, 0.05) is 17.7 Å². The van der Waals surface area contributed by atoms with Gasteiger partial charge in [0.25, 0.3) is 0 Å². The SMILES string of the molecule is CCCC(CCN)CCC(=O)Nc1cccc(C(N)=O)c1. The summed E-state index contributed by atoms with van der Waals surface area (Å²) < 4.78 is 0. The molecule has 5 heteroatoms. The highest BCUT2D eigenvalue weighted by Gasteiger charge is 2.11. The van der Waals surface area contributed by atoms with Gasteiger partial charge in [-0.25, -0.2) is 0 Å². The molecular weight excluding hydrogens is 266 g/mol. The van der Waals surface area contributed by atoms with Gasteiger partial charge < -0.3 is 16.8 Å². The fourth-order valence-electron chi connectivity index (χ4n) is 2.39. The molecule has 1 unspecified atom stereocenters. The average Bonchev–Trinajstić information content (AvgIpc) is 2.45. The molecule has 21 heavy (non-hydrogen) atoms. The van der Waals surface area contributed by atoms with Crippen LogP contribution in [0.5, 0.6) is 0 Å². The van der Waals surface area contributed by atoms with Crippen LogP contribution in [0.25, 0.3) is 0 Å². The Kier molecular flexibility index (Phi) is 7.46. The van der Waals surface area contributed by atoms with Crippen LogP contribution in [0.1, 0.15) is 49.4 Å². The maximum absolute atomic E-state index is 11.9. The van der Waals surface area contributed by atoms with Gasteiger partial charge in [0.1, 0.15) is 0 Å². The molecule has 1 rings (SSSR count). The molecule has 116 valence electrons. The minimum atomic E-state index is -0.503. The van der Waals surface area contributed by atoms with Crippen molar-refractivity contribution in [3.8, 4) is 0 Å². The topological polar surface area (TPSA) is 98.2 Å². The van der Waals surface area contributed by atoms with E-state index in [0.717, 1.165) is 25.7 Å². The molecule has 0 saturated carbocycles. The number of primary amides is 1. The van der Waals surface area contributed by atoms with Crippen molar-refractivity contribution < 1.29 is 9.59 Å². The average molecular weight is 291 g/mol. The lowest BCUT2D eigenvalue weighted by Crippen LogP contribution is -2.16. The Balaban J connectivity index is 2.49. The van der Waals surface area contributed by atoms with Gasteiger partial charge in [-0.1, -0.05) is 25.8 Å². The molecule has 0 aliphatic rings. The Morgan fingerprint density at radius 1 is 1.24 bits per heavy atom. The van der Waals surface area contributed by atoms with E-state index in [1.54, 1.807) is 24.3 Å². The van der Waals surface area contributed by atoms with Crippen LogP contribution >= 0.6 is 0 Å². The number of nitrogens with one attached hydrogen (secondary N) is 1. The van der Waals surface area contributed by atoms with Crippen molar-refractivity contribution >= 4 is 17.5 Å². The zero-order valence-electron chi connectivity index (χ0n) is 12.6. The number of carbonyl (C=O) groups is 2. The van der Waals surface area contributed by atoms with Crippen molar-refractivity contribution in [1.82, 2.24) is 0 Å². The summed E-state index contributed by atoms with van der Waals surface area (Å²) in [6.45, 7) is 2.80. The Labute approximate surface area is 126 Å². The first-order valence-corrected chi connectivity index (χ1v) is 7.46. The van der Waals surface area contributed by atoms with Crippen LogP contribution in [0.2, 0.25) is 0 Å². The van der Waals surface area contributed by atoms with E-state index >= 15 is 0 Å². The van der Waals surface area contributed by atoms with Crippen molar-refractivity contribution in [2.24, 2.45) is 17.4 Å². The number of nitrogens with two attached hydrogens (primary N) is 2. The standard InChI is InChI=1S/C16H25N3O2/c1-2-4-12(9-10-17)7-8-15(20)19-14-6-3-5-13(11-14)16(18)21/h3,5-6,11-12H,2,4,7-10,17H2,1H3,(H2,18,21)(H,19,20). The maximum Gasteiger partial charge on any atom is 0.248 e. The molecule has 5 nitrogen and oxygen atoms in total. The van der Waals surface area contributed by atoms with E-state index < -0.39 is 5.91 Å². The molecule has 0 spiro atoms. The Hall–Kier alpha value is -1.88. The predicted octanol–water partition coefficient (Wildman–Crippen LogP) is 2.27. The predicted molar refractivity (Wildman–Crippen MR) is 84.9 cm³/mol. The summed E-state index contributed by atoms with van der Waals surface area (Å²) in [5.41, 5.74) is 11.8. The zero-order valence-corrected chi connectivity index (χ0v) is 12.6. The van der Waals surface area contributed by atoms with E-state index in [1.807, 2.05) is 0 Å². The lowest BCUT2D eigenvalue weighted by atomic mass is 9.94. The number of amides is 2. The number of carbonyl (C=O) groups excluding carboxylic acids is 2. The summed E-state index contributed by atoms with van der Waals surface area (Å²) in [7, 11) is 0. The summed E-state index contributed by atoms with van der Waals surface area (Å²) in [5, 5.41) is 2.80. The molecule has 2 amide bonds. The Morgan fingerprint density at radius 2 is 2.00 bits per heavy atom. The van der Waals surface area contributed by atoms with E-state index in [-0.39, 0.29) is 5.91 Å². The van der Waals surface area contributed by atoms with Gasteiger partial charge in [-0.15, -0.1) is 0 Å². The monoisotopic (exact) mass is 291 g/mol. The van der Waals surface area contributed by atoms with Crippen LogP contribution in [-0.2, 0) is 4.79 Å². The highest BCUT2D eigenvalue weighted by atomic mass is 16.2. The smallest absolute Gasteiger partial charge is 0.248 e. The van der Waals surface area contributed by atoms with Crippen molar-refractivity contribution in [2.45, 2.75) is 39.0 Å². The first-order valence-electron chi connectivity index (χ1n) is 7.46. The minimum Gasteiger partial charge on any atom is -0.366 e. The third-order valence-electron chi connectivity index (χ3n) is 3.48. The van der Waals surface area contributed by atoms with Crippen LogP contribution in [0, 0.1) is 5.92 Å². The molecule has 0 radical (unpaired) electrons. The molecular formula is C16H25N3O2. The van der Waals surface area contributed by atoms with Gasteiger partial charge in [0.15, 0.2) is 0 Å². The summed E-state index contributed by atoms with van der Waals surface area (Å²) >= 11 is 0. The Bertz CT molecular complexity index is 468. The van der Waals surface area contributed by atoms with E-state index in [2.05, 4.69) is 12.2 Å². The second-order valence-electron chi connectivity index (χ2n) is 5.26. The summed E-state index contributed by atoms with van der Waals surface area (Å²) in [4.78, 5) is 23.0. The number of anilines is 1. The lowest BCUT2D eigenvalue weighted by molar-refractivity contribution is -0.116. The number of hydrogen-bond acceptors (Lipinski definition) is 3. The Morgan fingerprint density at radius 3 is 2.62 bits per heavy atom. The van der Waals surface area contributed by atoms with Crippen molar-refractivity contribution in [1.29, 1.82) is 0 Å². The molecule has 0 saturated heterocycles. The van der Waals surface area contributed by atoms with E-state index in [4.69, 9.17) is 11.5 Å². The van der Waals surface area contributed by atoms with Crippen molar-refractivity contribution in [2.75, 3.05) is 11.9 Å². The fraction of sp³-hybridized carbons (Fsp3) is 0.500. The third kappa shape index (κ3) is 6.40. The number of benzene rings is 1. The summed E-state index contributed by atoms with van der Waals surface area (Å²) in [6, 6.07) is 6.65. The highest BCUT2D eigenvalue weighted by Crippen LogP contribution is 2.18. The van der Waals surface area contributed by atoms with E-state index in [9.17, 15) is 9.59 Å². The van der Waals surface area contributed by atoms with Gasteiger partial charge in [-0.2, -0.15) is 0 Å². The van der Waals surface area contributed by atoms with Crippen LogP contribution in [-0.4, -0.2) is 18.4 Å². The lowest BCUT2D eigenvalue weighted by Gasteiger charge is -2.14. The normalized spacial score (nSPS) is 11.9. The number of rotatable bonds is 9. The third-order valence-corrected chi connectivity index (χ3v) is 3.48. The van der Waals surface area contributed by atoms with Crippen LogP contribution in [0.3, 0.4) is 0 Å². The van der Waals surface area contributed by atoms with Gasteiger partial charge in [0.2, 0.25) is 11.8 Å². The second kappa shape index (κ2) is 9.13. The molecule has 1 aromatic carbocycles. The minimum absolute atomic E-state index is 0.0465. The molecule has 1 aromatic rings. The van der Waals surface area contributed by atoms with E-state index in [1.165, 1.54) is 0 Å². The van der Waals surface area contributed by atoms with Crippen molar-refractivity contribution in [3.05, 3.63) is 29.8 Å². The first kappa shape index (κ1) is 17.2. The maximum atomic E-state index is 11.9. The van der Waals surface area contributed by atoms with E-state index in [0.29, 0.717) is 30.1 Å². The molecule has 0 bridgehead atoms. The molecule has 0 aromatic heterocycles. The molecule has 1 atom stereocenters. The van der Waals surface area contributed by atoms with Gasteiger partial charge >= 0.3 is 0 Å². The van der Waals surface area contributed by atoms with Crippen molar-refractivity contribution in [3.63, 3.8) is 0 Å². The molecule has 0 aliphatic carbocycles.